The van der Waals surface area contributed by atoms with Crippen LogP contribution in [0, 0.1) is 5.92 Å². The summed E-state index contributed by atoms with van der Waals surface area (Å²) in [7, 11) is 0. The highest BCUT2D eigenvalue weighted by Gasteiger charge is 2.33. The summed E-state index contributed by atoms with van der Waals surface area (Å²) in [6.45, 7) is 7.27. The molecule has 3 atom stereocenters. The number of Topliss-reactive ketones (excluding diaryl/α,β-unsaturated/α-hetero) is 1. The molecule has 188 valence electrons. The molecule has 33 heavy (non-hydrogen) atoms. The van der Waals surface area contributed by atoms with Crippen LogP contribution in [0.3, 0.4) is 0 Å². The van der Waals surface area contributed by atoms with Crippen molar-refractivity contribution in [2.24, 2.45) is 5.92 Å². The highest BCUT2D eigenvalue weighted by Crippen LogP contribution is 2.18. The van der Waals surface area contributed by atoms with Crippen molar-refractivity contribution >= 4 is 41.2 Å². The van der Waals surface area contributed by atoms with E-state index in [4.69, 9.17) is 0 Å². The molecule has 1 saturated carbocycles. The summed E-state index contributed by atoms with van der Waals surface area (Å²) >= 11 is 1.52. The minimum Gasteiger partial charge on any atom is -0.347 e. The second-order valence-corrected chi connectivity index (χ2v) is 10.0. The molecule has 10 heteroatoms. The molecule has 0 radical (unpaired) electrons. The largest absolute Gasteiger partial charge is 0.347 e. The van der Waals surface area contributed by atoms with Crippen LogP contribution < -0.4 is 21.3 Å². The molecular weight excluding hydrogens is 444 g/mol. The summed E-state index contributed by atoms with van der Waals surface area (Å²) in [5, 5.41) is 10.8. The summed E-state index contributed by atoms with van der Waals surface area (Å²) in [6.07, 6.45) is 6.11. The third-order valence-electron chi connectivity index (χ3n) is 5.32. The minimum atomic E-state index is -0.955. The van der Waals surface area contributed by atoms with Crippen molar-refractivity contribution in [1.82, 2.24) is 21.3 Å². The molecule has 0 spiro atoms. The van der Waals surface area contributed by atoms with Gasteiger partial charge in [0, 0.05) is 13.0 Å². The number of hydrogen-bond acceptors (Lipinski definition) is 6. The lowest BCUT2D eigenvalue weighted by Gasteiger charge is -2.25. The number of carbonyl (C=O) groups excluding carboxylic acids is 5. The number of carbonyl (C=O) groups is 5. The number of rotatable bonds is 16. The van der Waals surface area contributed by atoms with Crippen LogP contribution in [-0.2, 0) is 24.0 Å². The molecule has 0 aromatic rings. The van der Waals surface area contributed by atoms with Gasteiger partial charge >= 0.3 is 0 Å². The van der Waals surface area contributed by atoms with Crippen LogP contribution in [0.4, 0.5) is 0 Å². The number of ketones is 1. The molecule has 4 amide bonds. The average Bonchev–Trinajstić information content (AvgIpc) is 3.56. The zero-order valence-electron chi connectivity index (χ0n) is 20.5. The number of nitrogens with one attached hydrogen (secondary N) is 4. The first-order valence-corrected chi connectivity index (χ1v) is 13.2. The van der Waals surface area contributed by atoms with Gasteiger partial charge in [-0.1, -0.05) is 27.2 Å². The van der Waals surface area contributed by atoms with E-state index in [0.29, 0.717) is 43.8 Å². The van der Waals surface area contributed by atoms with Gasteiger partial charge in [-0.2, -0.15) is 11.8 Å². The van der Waals surface area contributed by atoms with Crippen molar-refractivity contribution in [2.75, 3.05) is 12.0 Å². The molecule has 4 N–H and O–H groups in total. The fourth-order valence-electron chi connectivity index (χ4n) is 3.26. The lowest BCUT2D eigenvalue weighted by molar-refractivity contribution is -0.140. The number of hydrogen-bond donors (Lipinski definition) is 4. The van der Waals surface area contributed by atoms with E-state index in [1.807, 2.05) is 27.0 Å². The summed E-state index contributed by atoms with van der Waals surface area (Å²) in [5.74, 6) is -1.71. The van der Waals surface area contributed by atoms with E-state index < -0.39 is 41.6 Å². The molecule has 1 rings (SSSR count). The predicted molar refractivity (Wildman–Crippen MR) is 130 cm³/mol. The molecule has 0 heterocycles. The van der Waals surface area contributed by atoms with E-state index in [-0.39, 0.29) is 11.9 Å². The van der Waals surface area contributed by atoms with Gasteiger partial charge < -0.3 is 21.3 Å². The highest BCUT2D eigenvalue weighted by molar-refractivity contribution is 7.98. The van der Waals surface area contributed by atoms with Crippen molar-refractivity contribution < 1.29 is 24.0 Å². The minimum absolute atomic E-state index is 0.0423. The molecule has 0 aliphatic heterocycles. The summed E-state index contributed by atoms with van der Waals surface area (Å²) in [5.41, 5.74) is 0. The monoisotopic (exact) mass is 484 g/mol. The zero-order valence-corrected chi connectivity index (χ0v) is 21.3. The molecule has 0 saturated heterocycles. The van der Waals surface area contributed by atoms with Gasteiger partial charge in [0.15, 0.2) is 0 Å². The predicted octanol–water partition coefficient (Wildman–Crippen LogP) is 1.30. The summed E-state index contributed by atoms with van der Waals surface area (Å²) in [6, 6.07) is -2.52. The van der Waals surface area contributed by atoms with Crippen LogP contribution in [0.1, 0.15) is 72.6 Å². The fourth-order valence-corrected chi connectivity index (χ4v) is 3.73. The average molecular weight is 485 g/mol. The molecule has 1 aliphatic carbocycles. The van der Waals surface area contributed by atoms with E-state index in [0.717, 1.165) is 12.8 Å². The summed E-state index contributed by atoms with van der Waals surface area (Å²) in [4.78, 5) is 62.4. The number of thioether (sulfide) groups is 1. The maximum atomic E-state index is 13.1. The van der Waals surface area contributed by atoms with E-state index in [1.165, 1.54) is 18.7 Å². The van der Waals surface area contributed by atoms with Crippen molar-refractivity contribution in [1.29, 1.82) is 0 Å². The van der Waals surface area contributed by atoms with E-state index >= 15 is 0 Å². The Labute approximate surface area is 201 Å². The summed E-state index contributed by atoms with van der Waals surface area (Å²) < 4.78 is 0. The van der Waals surface area contributed by atoms with Crippen LogP contribution in [0.2, 0.25) is 0 Å². The zero-order chi connectivity index (χ0) is 25.0. The van der Waals surface area contributed by atoms with E-state index in [2.05, 4.69) is 21.3 Å². The SMILES string of the molecule is CCC[C@H](NC(C)=O)C(=O)N[C@@H](CCC(C)C)C(=O)N[C@@H](CCSC)C(=O)C(=O)NC1CC1. The molecule has 1 fully saturated rings. The van der Waals surface area contributed by atoms with Crippen LogP contribution >= 0.6 is 11.8 Å². The number of amides is 4. The third kappa shape index (κ3) is 11.5. The Morgan fingerprint density at radius 1 is 0.848 bits per heavy atom. The van der Waals surface area contributed by atoms with Crippen molar-refractivity contribution in [2.45, 2.75) is 96.8 Å². The highest BCUT2D eigenvalue weighted by atomic mass is 32.2. The molecule has 0 aromatic heterocycles. The van der Waals surface area contributed by atoms with Gasteiger partial charge in [0.1, 0.15) is 12.1 Å². The van der Waals surface area contributed by atoms with Crippen LogP contribution in [0.15, 0.2) is 0 Å². The van der Waals surface area contributed by atoms with Gasteiger partial charge in [-0.3, -0.25) is 24.0 Å². The maximum Gasteiger partial charge on any atom is 0.289 e. The van der Waals surface area contributed by atoms with Gasteiger partial charge in [0.25, 0.3) is 5.91 Å². The first kappa shape index (κ1) is 28.9. The molecule has 0 unspecified atom stereocenters. The molecule has 9 nitrogen and oxygen atoms in total. The Balaban J connectivity index is 2.93. The van der Waals surface area contributed by atoms with E-state index in [1.54, 1.807) is 0 Å². The topological polar surface area (TPSA) is 133 Å². The van der Waals surface area contributed by atoms with Crippen LogP contribution in [0.5, 0.6) is 0 Å². The van der Waals surface area contributed by atoms with Crippen LogP contribution in [0.25, 0.3) is 0 Å². The van der Waals surface area contributed by atoms with Gasteiger partial charge in [-0.25, -0.2) is 0 Å². The fraction of sp³-hybridized carbons (Fsp3) is 0.783. The van der Waals surface area contributed by atoms with Gasteiger partial charge in [0.2, 0.25) is 23.5 Å². The standard InChI is InChI=1S/C23H40N4O5S/c1-6-7-18(24-15(4)28)21(30)27-19(11-8-14(2)3)22(31)26-17(12-13-33-5)20(29)23(32)25-16-9-10-16/h14,16-19H,6-13H2,1-5H3,(H,24,28)(H,25,32)(H,26,31)(H,27,30)/t17-,18-,19-/m0/s1. The Bertz CT molecular complexity index is 696. The molecule has 0 aromatic carbocycles. The first-order chi connectivity index (χ1) is 15.6. The lowest BCUT2D eigenvalue weighted by atomic mass is 10.0. The Hall–Kier alpha value is -2.10. The lowest BCUT2D eigenvalue weighted by Crippen LogP contribution is -2.56. The molecule has 0 bridgehead atoms. The second kappa shape index (κ2) is 14.9. The normalized spacial score (nSPS) is 15.8. The Kier molecular flexibility index (Phi) is 13.1. The van der Waals surface area contributed by atoms with Gasteiger partial charge in [-0.05, 0) is 56.5 Å². The quantitative estimate of drug-likeness (QED) is 0.244. The van der Waals surface area contributed by atoms with E-state index in [9.17, 15) is 24.0 Å². The Morgan fingerprint density at radius 3 is 1.91 bits per heavy atom. The molecule has 1 aliphatic rings. The van der Waals surface area contributed by atoms with Gasteiger partial charge in [0.05, 0.1) is 6.04 Å². The second-order valence-electron chi connectivity index (χ2n) is 9.03. The molecular formula is C23H40N4O5S. The third-order valence-corrected chi connectivity index (χ3v) is 5.96. The maximum absolute atomic E-state index is 13.1. The smallest absolute Gasteiger partial charge is 0.289 e. The van der Waals surface area contributed by atoms with Crippen molar-refractivity contribution in [3.63, 3.8) is 0 Å². The van der Waals surface area contributed by atoms with Gasteiger partial charge in [-0.15, -0.1) is 0 Å². The van der Waals surface area contributed by atoms with Crippen molar-refractivity contribution in [3.8, 4) is 0 Å². The first-order valence-electron chi connectivity index (χ1n) is 11.8. The Morgan fingerprint density at radius 2 is 1.42 bits per heavy atom. The van der Waals surface area contributed by atoms with Crippen molar-refractivity contribution in [3.05, 3.63) is 0 Å². The van der Waals surface area contributed by atoms with Crippen LogP contribution in [-0.4, -0.2) is 65.6 Å².